The van der Waals surface area contributed by atoms with Gasteiger partial charge in [0.2, 0.25) is 0 Å². The number of benzene rings is 3. The molecule has 8 nitrogen and oxygen atoms in total. The van der Waals surface area contributed by atoms with Gasteiger partial charge in [0.05, 0.1) is 35.5 Å². The molecule has 1 aromatic heterocycles. The quantitative estimate of drug-likeness (QED) is 0.104. The summed E-state index contributed by atoms with van der Waals surface area (Å²) >= 11 is 1.63. The summed E-state index contributed by atoms with van der Waals surface area (Å²) in [5.74, 6) is 0.494. The number of carbonyl (C=O) groups is 2. The highest BCUT2D eigenvalue weighted by molar-refractivity contribution is 7.16. The Balaban J connectivity index is 1.27. The van der Waals surface area contributed by atoms with Crippen molar-refractivity contribution >= 4 is 33.5 Å². The summed E-state index contributed by atoms with van der Waals surface area (Å²) in [5, 5.41) is 18.1. The molecule has 0 aliphatic carbocycles. The third kappa shape index (κ3) is 9.99. The van der Waals surface area contributed by atoms with Crippen LogP contribution in [0.3, 0.4) is 0 Å². The first-order valence-corrected chi connectivity index (χ1v) is 15.7. The number of nitrogens with zero attached hydrogens (tertiary/aromatic N) is 1. The molecule has 2 N–H and O–H groups in total. The molecule has 0 aliphatic heterocycles. The summed E-state index contributed by atoms with van der Waals surface area (Å²) < 4.78 is 19.0. The Bertz CT molecular complexity index is 1500. The number of rotatable bonds is 19. The molecule has 0 saturated heterocycles. The maximum Gasteiger partial charge on any atom is 0.303 e. The number of carboxylic acid groups (broad SMARTS) is 2. The second-order valence-corrected chi connectivity index (χ2v) is 11.2. The van der Waals surface area contributed by atoms with E-state index in [0.717, 1.165) is 76.1 Å². The fourth-order valence-electron chi connectivity index (χ4n) is 4.97. The Hall–Kier alpha value is -4.11. The molecule has 0 spiro atoms. The fraction of sp³-hybridized carbons (Fsp3) is 0.382. The third-order valence-electron chi connectivity index (χ3n) is 7.08. The van der Waals surface area contributed by atoms with E-state index in [4.69, 9.17) is 19.3 Å². The Morgan fingerprint density at radius 2 is 1.53 bits per heavy atom. The molecule has 228 valence electrons. The highest BCUT2D eigenvalue weighted by atomic mass is 32.1. The zero-order valence-electron chi connectivity index (χ0n) is 24.5. The lowest BCUT2D eigenvalue weighted by molar-refractivity contribution is -0.138. The summed E-state index contributed by atoms with van der Waals surface area (Å²) in [7, 11) is 0. The molecule has 0 amide bonds. The summed E-state index contributed by atoms with van der Waals surface area (Å²) in [6, 6.07) is 18.1. The van der Waals surface area contributed by atoms with Crippen molar-refractivity contribution in [1.82, 2.24) is 4.98 Å². The minimum absolute atomic E-state index is 0.0194. The van der Waals surface area contributed by atoms with E-state index < -0.39 is 11.9 Å². The van der Waals surface area contributed by atoms with E-state index in [2.05, 4.69) is 23.2 Å². The molecule has 0 radical (unpaired) electrons. The summed E-state index contributed by atoms with van der Waals surface area (Å²) in [4.78, 5) is 26.5. The topological polar surface area (TPSA) is 115 Å². The number of unbranched alkanes of at least 4 members (excludes halogenated alkanes) is 3. The van der Waals surface area contributed by atoms with Crippen LogP contribution >= 0.6 is 11.3 Å². The Morgan fingerprint density at radius 3 is 2.33 bits per heavy atom. The lowest BCUT2D eigenvalue weighted by Gasteiger charge is -2.15. The van der Waals surface area contributed by atoms with Crippen LogP contribution in [0.5, 0.6) is 17.2 Å². The van der Waals surface area contributed by atoms with E-state index in [1.165, 1.54) is 0 Å². The first-order valence-electron chi connectivity index (χ1n) is 14.8. The molecule has 0 saturated carbocycles. The van der Waals surface area contributed by atoms with Crippen molar-refractivity contribution in [3.63, 3.8) is 0 Å². The van der Waals surface area contributed by atoms with Crippen molar-refractivity contribution in [2.24, 2.45) is 0 Å². The van der Waals surface area contributed by atoms with Gasteiger partial charge in [0.25, 0.3) is 0 Å². The number of hydrogen-bond donors (Lipinski definition) is 2. The molecule has 4 rings (SSSR count). The lowest BCUT2D eigenvalue weighted by atomic mass is 9.97. The van der Waals surface area contributed by atoms with Gasteiger partial charge in [-0.25, -0.2) is 4.98 Å². The molecule has 0 aliphatic rings. The molecular formula is C34H39NO7S. The van der Waals surface area contributed by atoms with Crippen molar-refractivity contribution < 1.29 is 34.0 Å². The normalized spacial score (nSPS) is 11.0. The molecule has 43 heavy (non-hydrogen) atoms. The largest absolute Gasteiger partial charge is 0.494 e. The number of aliphatic carboxylic acids is 2. The van der Waals surface area contributed by atoms with Crippen LogP contribution < -0.4 is 14.2 Å². The summed E-state index contributed by atoms with van der Waals surface area (Å²) in [5.41, 5.74) is 6.93. The average molecular weight is 606 g/mol. The van der Waals surface area contributed by atoms with Gasteiger partial charge in [-0.3, -0.25) is 9.59 Å². The van der Waals surface area contributed by atoms with Crippen LogP contribution in [0, 0.1) is 0 Å². The molecule has 1 heterocycles. The Kier molecular flexibility index (Phi) is 12.2. The van der Waals surface area contributed by atoms with E-state index >= 15 is 0 Å². The van der Waals surface area contributed by atoms with Crippen LogP contribution in [0.4, 0.5) is 0 Å². The number of ether oxygens (including phenoxy) is 3. The number of hydrogen-bond acceptors (Lipinski definition) is 7. The van der Waals surface area contributed by atoms with Gasteiger partial charge in [0, 0.05) is 18.9 Å². The van der Waals surface area contributed by atoms with Gasteiger partial charge in [0.1, 0.15) is 17.2 Å². The van der Waals surface area contributed by atoms with Crippen LogP contribution in [0.2, 0.25) is 0 Å². The van der Waals surface area contributed by atoms with Crippen molar-refractivity contribution in [1.29, 1.82) is 0 Å². The number of thiazole rings is 1. The first kappa shape index (κ1) is 31.8. The first-order chi connectivity index (χ1) is 20.9. The SMILES string of the molecule is CCOc1cc(OCCCCCCc2cccc(OCCCC(=O)O)c2CCC(=O)O)cc(-c2ccc3scnc3c2)c1. The minimum Gasteiger partial charge on any atom is -0.494 e. The Labute approximate surface area is 256 Å². The molecular weight excluding hydrogens is 566 g/mol. The minimum atomic E-state index is -0.859. The van der Waals surface area contributed by atoms with Gasteiger partial charge in [0.15, 0.2) is 0 Å². The maximum absolute atomic E-state index is 11.2. The molecule has 4 aromatic rings. The van der Waals surface area contributed by atoms with E-state index in [0.29, 0.717) is 31.8 Å². The van der Waals surface area contributed by atoms with Gasteiger partial charge in [-0.1, -0.05) is 31.0 Å². The third-order valence-corrected chi connectivity index (χ3v) is 7.89. The van der Waals surface area contributed by atoms with Crippen molar-refractivity contribution in [2.45, 2.75) is 64.7 Å². The Morgan fingerprint density at radius 1 is 0.767 bits per heavy atom. The standard InChI is InChI=1S/C34H39NO7S/c1-2-40-27-19-26(25-13-15-32-30(21-25)35-23-43-32)20-28(22-27)41-17-6-4-3-5-9-24-10-7-11-31(29(24)14-16-34(38)39)42-18-8-12-33(36)37/h7,10-11,13,15,19-23H,2-6,8-9,12,14,16-18H2,1H3,(H,36,37)(H,38,39). The molecule has 3 aromatic carbocycles. The van der Waals surface area contributed by atoms with Gasteiger partial charge in [-0.15, -0.1) is 11.3 Å². The monoisotopic (exact) mass is 605 g/mol. The van der Waals surface area contributed by atoms with Crippen LogP contribution in [0.25, 0.3) is 21.3 Å². The zero-order valence-corrected chi connectivity index (χ0v) is 25.4. The smallest absolute Gasteiger partial charge is 0.303 e. The van der Waals surface area contributed by atoms with Crippen LogP contribution in [-0.2, 0) is 22.4 Å². The number of fused-ring (bicyclic) bond motifs is 1. The van der Waals surface area contributed by atoms with E-state index in [1.54, 1.807) is 11.3 Å². The summed E-state index contributed by atoms with van der Waals surface area (Å²) in [6.07, 6.45) is 5.57. The predicted octanol–water partition coefficient (Wildman–Crippen LogP) is 7.80. The second-order valence-electron chi connectivity index (χ2n) is 10.3. The number of carboxylic acids is 2. The maximum atomic E-state index is 11.2. The highest BCUT2D eigenvalue weighted by Crippen LogP contribution is 2.32. The van der Waals surface area contributed by atoms with E-state index in [1.807, 2.05) is 48.8 Å². The van der Waals surface area contributed by atoms with Crippen molar-refractivity contribution in [2.75, 3.05) is 19.8 Å². The van der Waals surface area contributed by atoms with E-state index in [9.17, 15) is 14.7 Å². The van der Waals surface area contributed by atoms with Gasteiger partial charge >= 0.3 is 11.9 Å². The van der Waals surface area contributed by atoms with Crippen LogP contribution in [-0.4, -0.2) is 47.0 Å². The van der Waals surface area contributed by atoms with Crippen molar-refractivity contribution in [3.8, 4) is 28.4 Å². The van der Waals surface area contributed by atoms with Gasteiger partial charge in [-0.05, 0) is 91.6 Å². The highest BCUT2D eigenvalue weighted by Gasteiger charge is 2.12. The molecule has 0 atom stereocenters. The molecule has 0 unspecified atom stereocenters. The molecule has 9 heteroatoms. The van der Waals surface area contributed by atoms with Crippen LogP contribution in [0.15, 0.2) is 60.1 Å². The van der Waals surface area contributed by atoms with Crippen LogP contribution in [0.1, 0.15) is 63.0 Å². The predicted molar refractivity (Wildman–Crippen MR) is 169 cm³/mol. The second kappa shape index (κ2) is 16.5. The van der Waals surface area contributed by atoms with Gasteiger partial charge < -0.3 is 24.4 Å². The zero-order chi connectivity index (χ0) is 30.4. The molecule has 0 fully saturated rings. The number of aromatic nitrogens is 1. The van der Waals surface area contributed by atoms with Crippen molar-refractivity contribution in [3.05, 3.63) is 71.2 Å². The van der Waals surface area contributed by atoms with Gasteiger partial charge in [-0.2, -0.15) is 0 Å². The van der Waals surface area contributed by atoms with E-state index in [-0.39, 0.29) is 19.4 Å². The molecule has 0 bridgehead atoms. The average Bonchev–Trinajstić information content (AvgIpc) is 3.46. The lowest BCUT2D eigenvalue weighted by Crippen LogP contribution is -2.07. The summed E-state index contributed by atoms with van der Waals surface area (Å²) in [6.45, 7) is 3.43. The fourth-order valence-corrected chi connectivity index (χ4v) is 5.63. The number of aryl methyl sites for hydroxylation is 1.